The summed E-state index contributed by atoms with van der Waals surface area (Å²) in [7, 11) is 0. The first-order valence-electron chi connectivity index (χ1n) is 7.64. The van der Waals surface area contributed by atoms with Gasteiger partial charge in [0.15, 0.2) is 0 Å². The Balaban J connectivity index is 1.54. The number of hydrogen-bond donors (Lipinski definition) is 2. The van der Waals surface area contributed by atoms with Crippen LogP contribution in [0, 0.1) is 0 Å². The molecule has 0 saturated heterocycles. The second-order valence-corrected chi connectivity index (χ2v) is 6.26. The molecule has 0 aliphatic carbocycles. The second kappa shape index (κ2) is 6.29. The fourth-order valence-corrected chi connectivity index (χ4v) is 3.35. The van der Waals surface area contributed by atoms with Gasteiger partial charge in [-0.2, -0.15) is 11.3 Å². The fourth-order valence-electron chi connectivity index (χ4n) is 2.71. The van der Waals surface area contributed by atoms with Crippen molar-refractivity contribution in [1.29, 1.82) is 0 Å². The van der Waals surface area contributed by atoms with Crippen molar-refractivity contribution in [3.8, 4) is 11.3 Å². The maximum absolute atomic E-state index is 12.4. The average Bonchev–Trinajstić information content (AvgIpc) is 3.29. The number of aromatic nitrogens is 2. The Morgan fingerprint density at radius 2 is 2.08 bits per heavy atom. The van der Waals surface area contributed by atoms with Gasteiger partial charge in [0.2, 0.25) is 0 Å². The van der Waals surface area contributed by atoms with Crippen molar-refractivity contribution in [2.24, 2.45) is 0 Å². The molecule has 0 aliphatic rings. The Morgan fingerprint density at radius 1 is 1.17 bits per heavy atom. The normalized spacial score (nSPS) is 10.8. The molecule has 0 saturated carbocycles. The molecule has 3 aromatic heterocycles. The van der Waals surface area contributed by atoms with Crippen LogP contribution in [0.2, 0.25) is 0 Å². The van der Waals surface area contributed by atoms with Gasteiger partial charge in [-0.05, 0) is 35.2 Å². The molecular weight excluding hydrogens is 318 g/mol. The zero-order valence-corrected chi connectivity index (χ0v) is 13.6. The Labute approximate surface area is 143 Å². The monoisotopic (exact) mass is 333 g/mol. The van der Waals surface area contributed by atoms with Crippen molar-refractivity contribution in [1.82, 2.24) is 15.3 Å². The number of carbonyl (C=O) groups is 1. The van der Waals surface area contributed by atoms with Gasteiger partial charge in [0.1, 0.15) is 5.69 Å². The SMILES string of the molecule is O=C(NCc1cccnc1-c1ccsc1)c1cc2ccccc2[nH]1. The van der Waals surface area contributed by atoms with E-state index >= 15 is 0 Å². The van der Waals surface area contributed by atoms with E-state index in [-0.39, 0.29) is 5.91 Å². The highest BCUT2D eigenvalue weighted by Crippen LogP contribution is 2.23. The largest absolute Gasteiger partial charge is 0.351 e. The van der Waals surface area contributed by atoms with Crippen LogP contribution in [0.4, 0.5) is 0 Å². The molecule has 0 aliphatic heterocycles. The second-order valence-electron chi connectivity index (χ2n) is 5.48. The summed E-state index contributed by atoms with van der Waals surface area (Å²) in [5, 5.41) is 8.09. The Bertz CT molecular complexity index is 956. The predicted molar refractivity (Wildman–Crippen MR) is 97.0 cm³/mol. The number of pyridine rings is 1. The first-order chi connectivity index (χ1) is 11.8. The Hall–Kier alpha value is -2.92. The predicted octanol–water partition coefficient (Wildman–Crippen LogP) is 4.22. The third-order valence-corrected chi connectivity index (χ3v) is 4.58. The molecule has 0 bridgehead atoms. The molecule has 0 atom stereocenters. The van der Waals surface area contributed by atoms with Crippen molar-refractivity contribution in [2.75, 3.05) is 0 Å². The van der Waals surface area contributed by atoms with E-state index in [0.717, 1.165) is 27.7 Å². The Kier molecular flexibility index (Phi) is 3.84. The zero-order valence-electron chi connectivity index (χ0n) is 12.8. The van der Waals surface area contributed by atoms with Crippen LogP contribution in [-0.4, -0.2) is 15.9 Å². The smallest absolute Gasteiger partial charge is 0.267 e. The van der Waals surface area contributed by atoms with Gasteiger partial charge in [-0.15, -0.1) is 0 Å². The number of fused-ring (bicyclic) bond motifs is 1. The molecular formula is C19H15N3OS. The number of amides is 1. The third kappa shape index (κ3) is 2.81. The lowest BCUT2D eigenvalue weighted by molar-refractivity contribution is 0.0947. The molecule has 2 N–H and O–H groups in total. The van der Waals surface area contributed by atoms with Gasteiger partial charge >= 0.3 is 0 Å². The number of benzene rings is 1. The number of aromatic amines is 1. The van der Waals surface area contributed by atoms with Gasteiger partial charge in [0, 0.05) is 34.6 Å². The highest BCUT2D eigenvalue weighted by Gasteiger charge is 2.11. The molecule has 0 fully saturated rings. The minimum absolute atomic E-state index is 0.119. The average molecular weight is 333 g/mol. The summed E-state index contributed by atoms with van der Waals surface area (Å²) < 4.78 is 0. The molecule has 5 heteroatoms. The van der Waals surface area contributed by atoms with Crippen LogP contribution in [0.5, 0.6) is 0 Å². The summed E-state index contributed by atoms with van der Waals surface area (Å²) in [6.45, 7) is 0.438. The number of rotatable bonds is 4. The van der Waals surface area contributed by atoms with Crippen LogP contribution in [0.3, 0.4) is 0 Å². The first-order valence-corrected chi connectivity index (χ1v) is 8.58. The molecule has 0 spiro atoms. The highest BCUT2D eigenvalue weighted by molar-refractivity contribution is 7.08. The van der Waals surface area contributed by atoms with Crippen LogP contribution in [0.1, 0.15) is 16.1 Å². The summed E-state index contributed by atoms with van der Waals surface area (Å²) in [4.78, 5) is 20.0. The highest BCUT2D eigenvalue weighted by atomic mass is 32.1. The van der Waals surface area contributed by atoms with E-state index in [0.29, 0.717) is 12.2 Å². The maximum Gasteiger partial charge on any atom is 0.267 e. The molecule has 3 heterocycles. The van der Waals surface area contributed by atoms with Crippen molar-refractivity contribution >= 4 is 28.1 Å². The molecule has 118 valence electrons. The van der Waals surface area contributed by atoms with E-state index in [1.54, 1.807) is 17.5 Å². The molecule has 1 aromatic carbocycles. The number of hydrogen-bond acceptors (Lipinski definition) is 3. The number of H-pyrrole nitrogens is 1. The molecule has 24 heavy (non-hydrogen) atoms. The first kappa shape index (κ1) is 14.7. The zero-order chi connectivity index (χ0) is 16.4. The summed E-state index contributed by atoms with van der Waals surface area (Å²) in [6, 6.07) is 15.6. The third-order valence-electron chi connectivity index (χ3n) is 3.90. The van der Waals surface area contributed by atoms with Crippen LogP contribution in [-0.2, 0) is 6.54 Å². The van der Waals surface area contributed by atoms with Crippen molar-refractivity contribution in [3.05, 3.63) is 76.7 Å². The van der Waals surface area contributed by atoms with Crippen LogP contribution < -0.4 is 5.32 Å². The Morgan fingerprint density at radius 3 is 2.92 bits per heavy atom. The quantitative estimate of drug-likeness (QED) is 0.587. The van der Waals surface area contributed by atoms with E-state index < -0.39 is 0 Å². The van der Waals surface area contributed by atoms with E-state index in [9.17, 15) is 4.79 Å². The van der Waals surface area contributed by atoms with Crippen molar-refractivity contribution < 1.29 is 4.79 Å². The molecule has 0 unspecified atom stereocenters. The molecule has 4 nitrogen and oxygen atoms in total. The maximum atomic E-state index is 12.4. The standard InChI is InChI=1S/C19H15N3OS/c23-19(17-10-13-4-1-2-6-16(13)22-17)21-11-14-5-3-8-20-18(14)15-7-9-24-12-15/h1-10,12,22H,11H2,(H,21,23). The van der Waals surface area contributed by atoms with Crippen molar-refractivity contribution in [2.45, 2.75) is 6.54 Å². The minimum Gasteiger partial charge on any atom is -0.351 e. The number of nitrogens with one attached hydrogen (secondary N) is 2. The lowest BCUT2D eigenvalue weighted by atomic mass is 10.1. The minimum atomic E-state index is -0.119. The van der Waals surface area contributed by atoms with E-state index in [2.05, 4.69) is 20.7 Å². The van der Waals surface area contributed by atoms with E-state index in [1.807, 2.05) is 53.9 Å². The molecule has 4 rings (SSSR count). The van der Waals surface area contributed by atoms with Crippen LogP contribution >= 0.6 is 11.3 Å². The number of carbonyl (C=O) groups excluding carboxylic acids is 1. The van der Waals surface area contributed by atoms with Gasteiger partial charge in [-0.3, -0.25) is 9.78 Å². The van der Waals surface area contributed by atoms with Crippen molar-refractivity contribution in [3.63, 3.8) is 0 Å². The summed E-state index contributed by atoms with van der Waals surface area (Å²) in [5.74, 6) is -0.119. The molecule has 1 amide bonds. The van der Waals surface area contributed by atoms with Gasteiger partial charge in [0.05, 0.1) is 5.69 Å². The van der Waals surface area contributed by atoms with Crippen LogP contribution in [0.25, 0.3) is 22.2 Å². The number of thiophene rings is 1. The van der Waals surface area contributed by atoms with Gasteiger partial charge < -0.3 is 10.3 Å². The summed E-state index contributed by atoms with van der Waals surface area (Å²) >= 11 is 1.63. The summed E-state index contributed by atoms with van der Waals surface area (Å²) in [6.07, 6.45) is 1.77. The fraction of sp³-hybridized carbons (Fsp3) is 0.0526. The van der Waals surface area contributed by atoms with E-state index in [1.165, 1.54) is 0 Å². The van der Waals surface area contributed by atoms with Gasteiger partial charge in [-0.25, -0.2) is 0 Å². The molecule has 4 aromatic rings. The lowest BCUT2D eigenvalue weighted by Crippen LogP contribution is -2.23. The van der Waals surface area contributed by atoms with Crippen LogP contribution in [0.15, 0.2) is 65.5 Å². The molecule has 0 radical (unpaired) electrons. The van der Waals surface area contributed by atoms with Gasteiger partial charge in [-0.1, -0.05) is 24.3 Å². The topological polar surface area (TPSA) is 57.8 Å². The van der Waals surface area contributed by atoms with Gasteiger partial charge in [0.25, 0.3) is 5.91 Å². The van der Waals surface area contributed by atoms with E-state index in [4.69, 9.17) is 0 Å². The lowest BCUT2D eigenvalue weighted by Gasteiger charge is -2.08. The summed E-state index contributed by atoms with van der Waals surface area (Å²) in [5.41, 5.74) is 4.52. The number of nitrogens with zero attached hydrogens (tertiary/aromatic N) is 1. The number of para-hydroxylation sites is 1.